The van der Waals surface area contributed by atoms with E-state index in [1.165, 1.54) is 26.0 Å². The summed E-state index contributed by atoms with van der Waals surface area (Å²) in [5.74, 6) is -2.70. The van der Waals surface area contributed by atoms with Crippen molar-refractivity contribution < 1.29 is 39.5 Å². The van der Waals surface area contributed by atoms with Gasteiger partial charge in [0.05, 0.1) is 24.2 Å². The van der Waals surface area contributed by atoms with Crippen molar-refractivity contribution in [3.8, 4) is 0 Å². The summed E-state index contributed by atoms with van der Waals surface area (Å²) in [6.07, 6.45) is 5.10. The number of esters is 1. The standard InChI is InChI=1S/C32H48O8/c1-18(34)40-27(2,3)14-13-24(37)31(8,39)26-21(35)15-29(6)22-11-9-19-20(10-12-23(36)28(19,4)5)32(22,17-33)25(38)16-30(26,29)7/h9,13-14,20-23,26,33,35-36,39H,10-12,15-17H2,1-8H3/b14-13+/t20-,21-,22+,23-,26?,29+,30-,31+,32+/m1/s1. The number of carbonyl (C=O) groups is 3. The molecule has 4 aliphatic rings. The molecule has 0 spiro atoms. The topological polar surface area (TPSA) is 141 Å². The minimum atomic E-state index is -2.00. The van der Waals surface area contributed by atoms with Gasteiger partial charge in [-0.15, -0.1) is 0 Å². The Kier molecular flexibility index (Phi) is 7.44. The van der Waals surface area contributed by atoms with E-state index in [-0.39, 0.29) is 37.1 Å². The first-order valence-corrected chi connectivity index (χ1v) is 14.6. The van der Waals surface area contributed by atoms with E-state index >= 15 is 0 Å². The third kappa shape index (κ3) is 4.19. The summed E-state index contributed by atoms with van der Waals surface area (Å²) in [5.41, 5.74) is -5.21. The van der Waals surface area contributed by atoms with Gasteiger partial charge in [-0.3, -0.25) is 14.4 Å². The van der Waals surface area contributed by atoms with Crippen molar-refractivity contribution in [2.75, 3.05) is 6.61 Å². The molecule has 4 aliphatic carbocycles. The number of carbonyl (C=O) groups excluding carboxylic acids is 3. The first kappa shape index (κ1) is 31.1. The summed E-state index contributed by atoms with van der Waals surface area (Å²) in [5, 5.41) is 45.1. The molecule has 224 valence electrons. The summed E-state index contributed by atoms with van der Waals surface area (Å²) in [6, 6.07) is 0. The molecule has 9 atom stereocenters. The quantitative estimate of drug-likeness (QED) is 0.220. The fraction of sp³-hybridized carbons (Fsp3) is 0.781. The third-order valence-corrected chi connectivity index (χ3v) is 11.7. The van der Waals surface area contributed by atoms with Crippen LogP contribution in [0.3, 0.4) is 0 Å². The molecule has 8 nitrogen and oxygen atoms in total. The Bertz CT molecular complexity index is 1150. The monoisotopic (exact) mass is 560 g/mol. The van der Waals surface area contributed by atoms with Gasteiger partial charge in [-0.05, 0) is 81.3 Å². The second-order valence-corrected chi connectivity index (χ2v) is 14.7. The average Bonchev–Trinajstić information content (AvgIpc) is 3.03. The summed E-state index contributed by atoms with van der Waals surface area (Å²) < 4.78 is 5.23. The molecule has 0 radical (unpaired) electrons. The molecule has 0 amide bonds. The highest BCUT2D eigenvalue weighted by Crippen LogP contribution is 2.74. The van der Waals surface area contributed by atoms with E-state index in [1.54, 1.807) is 13.8 Å². The molecule has 0 heterocycles. The van der Waals surface area contributed by atoms with Crippen LogP contribution in [0.1, 0.15) is 87.5 Å². The van der Waals surface area contributed by atoms with Crippen LogP contribution in [0.2, 0.25) is 0 Å². The van der Waals surface area contributed by atoms with Gasteiger partial charge in [0, 0.05) is 24.7 Å². The summed E-state index contributed by atoms with van der Waals surface area (Å²) in [6.45, 7) is 13.5. The number of ketones is 2. The predicted octanol–water partition coefficient (Wildman–Crippen LogP) is 3.29. The molecule has 0 aliphatic heterocycles. The average molecular weight is 561 g/mol. The van der Waals surface area contributed by atoms with Crippen LogP contribution in [0.15, 0.2) is 23.8 Å². The van der Waals surface area contributed by atoms with Crippen molar-refractivity contribution in [1.82, 2.24) is 0 Å². The van der Waals surface area contributed by atoms with E-state index in [4.69, 9.17) is 4.74 Å². The fourth-order valence-electron chi connectivity index (χ4n) is 9.56. The zero-order chi connectivity index (χ0) is 30.3. The SMILES string of the molecule is CC(=O)OC(C)(C)/C=C/C(=O)[C@](C)(O)C1[C@H](O)C[C@@]2(C)[C@@H]3CC=C4[C@@H](CC[C@@H](O)C4(C)C)[C@]3(CO)C(=O)C[C@]12C. The van der Waals surface area contributed by atoms with E-state index in [9.17, 15) is 34.8 Å². The molecule has 4 N–H and O–H groups in total. The highest BCUT2D eigenvalue weighted by Gasteiger charge is 2.75. The molecule has 3 saturated carbocycles. The van der Waals surface area contributed by atoms with E-state index < -0.39 is 62.7 Å². The molecular weight excluding hydrogens is 512 g/mol. The first-order valence-electron chi connectivity index (χ1n) is 14.6. The Morgan fingerprint density at radius 3 is 2.30 bits per heavy atom. The number of ether oxygens (including phenoxy) is 1. The van der Waals surface area contributed by atoms with Crippen molar-refractivity contribution in [1.29, 1.82) is 0 Å². The van der Waals surface area contributed by atoms with Crippen molar-refractivity contribution in [2.45, 2.75) is 111 Å². The number of hydrogen-bond acceptors (Lipinski definition) is 8. The molecule has 40 heavy (non-hydrogen) atoms. The molecule has 8 heteroatoms. The number of aliphatic hydroxyl groups excluding tert-OH is 3. The fourth-order valence-corrected chi connectivity index (χ4v) is 9.56. The van der Waals surface area contributed by atoms with Gasteiger partial charge in [-0.1, -0.05) is 39.3 Å². The maximum Gasteiger partial charge on any atom is 0.303 e. The third-order valence-electron chi connectivity index (χ3n) is 11.7. The van der Waals surface area contributed by atoms with Crippen LogP contribution in [0.25, 0.3) is 0 Å². The van der Waals surface area contributed by atoms with Gasteiger partial charge in [0.2, 0.25) is 0 Å². The maximum atomic E-state index is 14.4. The molecule has 4 rings (SSSR count). The number of allylic oxidation sites excluding steroid dienone is 1. The Hall–Kier alpha value is -1.87. The zero-order valence-corrected chi connectivity index (χ0v) is 25.3. The number of fused-ring (bicyclic) bond motifs is 5. The largest absolute Gasteiger partial charge is 0.456 e. The lowest BCUT2D eigenvalue weighted by molar-refractivity contribution is -0.191. The van der Waals surface area contributed by atoms with Gasteiger partial charge in [-0.2, -0.15) is 0 Å². The Balaban J connectivity index is 1.76. The van der Waals surface area contributed by atoms with Gasteiger partial charge in [-0.25, -0.2) is 0 Å². The van der Waals surface area contributed by atoms with Gasteiger partial charge in [0.15, 0.2) is 5.78 Å². The zero-order valence-electron chi connectivity index (χ0n) is 25.3. The number of hydrogen-bond donors (Lipinski definition) is 4. The van der Waals surface area contributed by atoms with Crippen molar-refractivity contribution >= 4 is 17.5 Å². The van der Waals surface area contributed by atoms with E-state index in [0.29, 0.717) is 19.3 Å². The second-order valence-electron chi connectivity index (χ2n) is 14.7. The maximum absolute atomic E-state index is 14.4. The minimum absolute atomic E-state index is 0.0150. The molecule has 0 aromatic rings. The normalized spacial score (nSPS) is 42.4. The van der Waals surface area contributed by atoms with E-state index in [2.05, 4.69) is 6.08 Å². The van der Waals surface area contributed by atoms with Gasteiger partial charge >= 0.3 is 5.97 Å². The van der Waals surface area contributed by atoms with E-state index in [1.807, 2.05) is 27.7 Å². The highest BCUT2D eigenvalue weighted by molar-refractivity contribution is 5.97. The second kappa shape index (κ2) is 9.58. The smallest absolute Gasteiger partial charge is 0.303 e. The van der Waals surface area contributed by atoms with Crippen LogP contribution in [-0.4, -0.2) is 68.0 Å². The highest BCUT2D eigenvalue weighted by atomic mass is 16.6. The van der Waals surface area contributed by atoms with Crippen molar-refractivity contribution in [3.05, 3.63) is 23.8 Å². The first-order chi connectivity index (χ1) is 18.2. The van der Waals surface area contributed by atoms with Crippen LogP contribution in [0.5, 0.6) is 0 Å². The Labute approximate surface area is 237 Å². The van der Waals surface area contributed by atoms with Crippen LogP contribution >= 0.6 is 0 Å². The molecule has 3 fully saturated rings. The van der Waals surface area contributed by atoms with Crippen LogP contribution in [-0.2, 0) is 19.1 Å². The predicted molar refractivity (Wildman–Crippen MR) is 149 cm³/mol. The molecular formula is C32H48O8. The van der Waals surface area contributed by atoms with E-state index in [0.717, 1.165) is 5.57 Å². The van der Waals surface area contributed by atoms with Gasteiger partial charge in [0.1, 0.15) is 17.0 Å². The Morgan fingerprint density at radius 2 is 1.73 bits per heavy atom. The molecule has 0 aromatic heterocycles. The summed E-state index contributed by atoms with van der Waals surface area (Å²) in [4.78, 5) is 39.3. The van der Waals surface area contributed by atoms with Crippen LogP contribution < -0.4 is 0 Å². The summed E-state index contributed by atoms with van der Waals surface area (Å²) in [7, 11) is 0. The minimum Gasteiger partial charge on any atom is -0.456 e. The lowest BCUT2D eigenvalue weighted by Crippen LogP contribution is -2.66. The molecule has 0 saturated heterocycles. The molecule has 0 aromatic carbocycles. The lowest BCUT2D eigenvalue weighted by atomic mass is 9.38. The lowest BCUT2D eigenvalue weighted by Gasteiger charge is -2.65. The Morgan fingerprint density at radius 1 is 1.10 bits per heavy atom. The van der Waals surface area contributed by atoms with Crippen LogP contribution in [0, 0.1) is 39.4 Å². The van der Waals surface area contributed by atoms with Crippen molar-refractivity contribution in [3.63, 3.8) is 0 Å². The van der Waals surface area contributed by atoms with Gasteiger partial charge in [0.25, 0.3) is 0 Å². The molecule has 1 unspecified atom stereocenters. The number of Topliss-reactive ketones (excluding diaryl/α,β-unsaturated/α-hetero) is 1. The van der Waals surface area contributed by atoms with Crippen LogP contribution in [0.4, 0.5) is 0 Å². The number of aliphatic hydroxyl groups is 4. The molecule has 0 bridgehead atoms. The van der Waals surface area contributed by atoms with Gasteiger partial charge < -0.3 is 25.2 Å². The van der Waals surface area contributed by atoms with Crippen molar-refractivity contribution in [2.24, 2.45) is 39.4 Å². The number of rotatable bonds is 6. The summed E-state index contributed by atoms with van der Waals surface area (Å²) >= 11 is 0.